The smallest absolute Gasteiger partial charge is 0.241 e. The maximum atomic E-state index is 13.3. The van der Waals surface area contributed by atoms with Crippen LogP contribution in [0.4, 0.5) is 0 Å². The van der Waals surface area contributed by atoms with Gasteiger partial charge in [0.1, 0.15) is 11.0 Å². The van der Waals surface area contributed by atoms with E-state index in [9.17, 15) is 16.8 Å². The van der Waals surface area contributed by atoms with E-state index in [0.717, 1.165) is 11.1 Å². The lowest BCUT2D eigenvalue weighted by Crippen LogP contribution is -2.32. The van der Waals surface area contributed by atoms with Gasteiger partial charge in [0.2, 0.25) is 10.0 Å². The molecule has 0 aliphatic carbocycles. The van der Waals surface area contributed by atoms with Crippen LogP contribution in [0.25, 0.3) is 0 Å². The number of hydrogen-bond donors (Lipinski definition) is 1. The van der Waals surface area contributed by atoms with Crippen LogP contribution in [-0.2, 0) is 19.9 Å². The number of aryl methyl sites for hydroxylation is 4. The summed E-state index contributed by atoms with van der Waals surface area (Å²) in [5, 5.41) is -1.20. The summed E-state index contributed by atoms with van der Waals surface area (Å²) < 4.78 is 60.5. The van der Waals surface area contributed by atoms with E-state index in [1.54, 1.807) is 44.2 Å². The first kappa shape index (κ1) is 22.3. The second kappa shape index (κ2) is 8.37. The Balaban J connectivity index is 1.97. The van der Waals surface area contributed by atoms with E-state index in [-0.39, 0.29) is 22.1 Å². The van der Waals surface area contributed by atoms with Gasteiger partial charge in [0.25, 0.3) is 0 Å². The van der Waals surface area contributed by atoms with Crippen LogP contribution in [0.5, 0.6) is 0 Å². The molecule has 0 aliphatic heterocycles. The summed E-state index contributed by atoms with van der Waals surface area (Å²) in [6.45, 7) is 6.85. The third-order valence-corrected chi connectivity index (χ3v) is 8.72. The molecule has 0 fully saturated rings. The number of hydrogen-bond acceptors (Lipinski definition) is 5. The van der Waals surface area contributed by atoms with E-state index in [2.05, 4.69) is 4.72 Å². The predicted octanol–water partition coefficient (Wildman–Crippen LogP) is 4.01. The Labute approximate surface area is 177 Å². The molecule has 160 valence electrons. The highest BCUT2D eigenvalue weighted by molar-refractivity contribution is 7.92. The van der Waals surface area contributed by atoms with E-state index in [4.69, 9.17) is 4.42 Å². The standard InChI is InChI=1S/C22H25NO5S2/c1-15-7-9-19(10-8-15)29(24,25)21(20-6-5-11-28-20)14-23-30(26,27)22-17(3)12-16(2)13-18(22)4/h5-13,21,23H,14H2,1-4H3. The second-order valence-electron chi connectivity index (χ2n) is 7.44. The van der Waals surface area contributed by atoms with Gasteiger partial charge in [-0.25, -0.2) is 21.6 Å². The highest BCUT2D eigenvalue weighted by Crippen LogP contribution is 2.30. The van der Waals surface area contributed by atoms with Crippen LogP contribution in [0, 0.1) is 27.7 Å². The van der Waals surface area contributed by atoms with Crippen LogP contribution < -0.4 is 4.72 Å². The summed E-state index contributed by atoms with van der Waals surface area (Å²) in [6, 6.07) is 13.1. The van der Waals surface area contributed by atoms with Crippen molar-refractivity contribution in [1.29, 1.82) is 0 Å². The van der Waals surface area contributed by atoms with Crippen molar-refractivity contribution in [3.63, 3.8) is 0 Å². The first-order valence-electron chi connectivity index (χ1n) is 9.44. The van der Waals surface area contributed by atoms with Crippen molar-refractivity contribution < 1.29 is 21.3 Å². The normalized spacial score (nSPS) is 13.3. The van der Waals surface area contributed by atoms with E-state index in [1.165, 1.54) is 24.5 Å². The minimum Gasteiger partial charge on any atom is -0.468 e. The van der Waals surface area contributed by atoms with Crippen molar-refractivity contribution in [3.8, 4) is 0 Å². The van der Waals surface area contributed by atoms with Crippen molar-refractivity contribution >= 4 is 19.9 Å². The van der Waals surface area contributed by atoms with Crippen molar-refractivity contribution in [3.05, 3.63) is 82.8 Å². The molecule has 1 heterocycles. The minimum absolute atomic E-state index is 0.108. The molecular formula is C22H25NO5S2. The molecule has 0 radical (unpaired) electrons. The van der Waals surface area contributed by atoms with Crippen LogP contribution in [-0.4, -0.2) is 23.4 Å². The molecule has 30 heavy (non-hydrogen) atoms. The number of sulfone groups is 1. The molecule has 0 saturated carbocycles. The molecule has 1 unspecified atom stereocenters. The third-order valence-electron chi connectivity index (χ3n) is 4.92. The topological polar surface area (TPSA) is 93.5 Å². The molecule has 1 atom stereocenters. The Hall–Kier alpha value is -2.42. The monoisotopic (exact) mass is 447 g/mol. The van der Waals surface area contributed by atoms with Crippen molar-refractivity contribution in [1.82, 2.24) is 4.72 Å². The lowest BCUT2D eigenvalue weighted by molar-refractivity contribution is 0.486. The fourth-order valence-electron chi connectivity index (χ4n) is 3.58. The summed E-state index contributed by atoms with van der Waals surface area (Å²) >= 11 is 0. The van der Waals surface area contributed by atoms with E-state index in [0.29, 0.717) is 11.1 Å². The zero-order chi connectivity index (χ0) is 22.1. The molecule has 0 spiro atoms. The molecule has 1 N–H and O–H groups in total. The second-order valence-corrected chi connectivity index (χ2v) is 11.3. The summed E-state index contributed by atoms with van der Waals surface area (Å²) in [4.78, 5) is 0.274. The maximum Gasteiger partial charge on any atom is 0.241 e. The van der Waals surface area contributed by atoms with Gasteiger partial charge in [-0.15, -0.1) is 0 Å². The minimum atomic E-state index is -3.93. The Bertz CT molecular complexity index is 1220. The molecule has 3 rings (SSSR count). The molecule has 0 saturated heterocycles. The zero-order valence-electron chi connectivity index (χ0n) is 17.3. The number of furan rings is 1. The number of benzene rings is 2. The average Bonchev–Trinajstić information content (AvgIpc) is 3.15. The largest absolute Gasteiger partial charge is 0.468 e. The maximum absolute atomic E-state index is 13.3. The molecule has 0 bridgehead atoms. The summed E-state index contributed by atoms with van der Waals surface area (Å²) in [5.74, 6) is 0.177. The van der Waals surface area contributed by atoms with Gasteiger partial charge in [0.15, 0.2) is 9.84 Å². The Morgan fingerprint density at radius 3 is 2.00 bits per heavy atom. The van der Waals surface area contributed by atoms with Gasteiger partial charge in [-0.2, -0.15) is 0 Å². The summed E-state index contributed by atoms with van der Waals surface area (Å²) in [7, 11) is -7.82. The fourth-order valence-corrected chi connectivity index (χ4v) is 6.77. The van der Waals surface area contributed by atoms with Gasteiger partial charge in [-0.3, -0.25) is 0 Å². The molecule has 2 aromatic carbocycles. The number of nitrogens with one attached hydrogen (secondary N) is 1. The molecule has 1 aromatic heterocycles. The van der Waals surface area contributed by atoms with Gasteiger partial charge in [-0.1, -0.05) is 35.4 Å². The number of sulfonamides is 1. The first-order valence-corrected chi connectivity index (χ1v) is 12.5. The Morgan fingerprint density at radius 2 is 1.47 bits per heavy atom. The third kappa shape index (κ3) is 4.50. The lowest BCUT2D eigenvalue weighted by Gasteiger charge is -2.18. The molecule has 0 amide bonds. The van der Waals surface area contributed by atoms with Crippen LogP contribution >= 0.6 is 0 Å². The fraction of sp³-hybridized carbons (Fsp3) is 0.273. The Morgan fingerprint density at radius 1 is 0.867 bits per heavy atom. The average molecular weight is 448 g/mol. The van der Waals surface area contributed by atoms with Crippen molar-refractivity contribution in [2.24, 2.45) is 0 Å². The van der Waals surface area contributed by atoms with Gasteiger partial charge in [0.05, 0.1) is 16.1 Å². The molecular weight excluding hydrogens is 422 g/mol. The van der Waals surface area contributed by atoms with Gasteiger partial charge >= 0.3 is 0 Å². The van der Waals surface area contributed by atoms with E-state index >= 15 is 0 Å². The predicted molar refractivity (Wildman–Crippen MR) is 116 cm³/mol. The van der Waals surface area contributed by atoms with Crippen LogP contribution in [0.15, 0.2) is 69.0 Å². The molecule has 8 heteroatoms. The summed E-state index contributed by atoms with van der Waals surface area (Å²) in [5.41, 5.74) is 3.10. The van der Waals surface area contributed by atoms with Gasteiger partial charge in [0, 0.05) is 6.54 Å². The Kier molecular flexibility index (Phi) is 6.21. The quantitative estimate of drug-likeness (QED) is 0.591. The van der Waals surface area contributed by atoms with Crippen molar-refractivity contribution in [2.45, 2.75) is 42.7 Å². The van der Waals surface area contributed by atoms with E-state index in [1.807, 2.05) is 13.8 Å². The SMILES string of the molecule is Cc1ccc(S(=O)(=O)C(CNS(=O)(=O)c2c(C)cc(C)cc2C)c2ccco2)cc1. The van der Waals surface area contributed by atoms with Crippen LogP contribution in [0.2, 0.25) is 0 Å². The van der Waals surface area contributed by atoms with Gasteiger partial charge in [-0.05, 0) is 63.1 Å². The molecule has 0 aliphatic rings. The van der Waals surface area contributed by atoms with E-state index < -0.39 is 25.1 Å². The highest BCUT2D eigenvalue weighted by Gasteiger charge is 2.33. The first-order chi connectivity index (χ1) is 14.0. The van der Waals surface area contributed by atoms with Crippen LogP contribution in [0.3, 0.4) is 0 Å². The van der Waals surface area contributed by atoms with Gasteiger partial charge < -0.3 is 4.42 Å². The molecule has 6 nitrogen and oxygen atoms in total. The highest BCUT2D eigenvalue weighted by atomic mass is 32.2. The number of rotatable bonds is 7. The molecule has 3 aromatic rings. The summed E-state index contributed by atoms with van der Waals surface area (Å²) in [6.07, 6.45) is 1.37. The zero-order valence-corrected chi connectivity index (χ0v) is 19.0. The van der Waals surface area contributed by atoms with Crippen LogP contribution in [0.1, 0.15) is 33.3 Å². The van der Waals surface area contributed by atoms with Crippen molar-refractivity contribution in [2.75, 3.05) is 6.54 Å². The lowest BCUT2D eigenvalue weighted by atomic mass is 10.1.